The summed E-state index contributed by atoms with van der Waals surface area (Å²) in [5.41, 5.74) is 1.36. The van der Waals surface area contributed by atoms with Gasteiger partial charge in [-0.15, -0.1) is 0 Å². The Morgan fingerprint density at radius 3 is 2.52 bits per heavy atom. The standard InChI is InChI=1S/C14H18N4O2S/c1-8(2)9-11(18-6-4-3-5-7-18)17-12-10(15-9)16-13(21-12)14(19)20/h8H,3-7H2,1-2H3,(H,19,20). The Bertz CT molecular complexity index is 677. The van der Waals surface area contributed by atoms with Gasteiger partial charge >= 0.3 is 5.97 Å². The lowest BCUT2D eigenvalue weighted by Crippen LogP contribution is -2.31. The van der Waals surface area contributed by atoms with Gasteiger partial charge in [-0.3, -0.25) is 0 Å². The van der Waals surface area contributed by atoms with Gasteiger partial charge in [0.1, 0.15) is 0 Å². The highest BCUT2D eigenvalue weighted by molar-refractivity contribution is 7.19. The van der Waals surface area contributed by atoms with Crippen molar-refractivity contribution in [3.05, 3.63) is 10.7 Å². The van der Waals surface area contributed by atoms with E-state index in [1.165, 1.54) is 19.3 Å². The number of carboxylic acid groups (broad SMARTS) is 1. The van der Waals surface area contributed by atoms with Gasteiger partial charge in [0, 0.05) is 13.1 Å². The number of aromatic nitrogens is 3. The molecule has 0 aromatic carbocycles. The zero-order valence-corrected chi connectivity index (χ0v) is 13.0. The fourth-order valence-corrected chi connectivity index (χ4v) is 3.30. The minimum absolute atomic E-state index is 0.0514. The maximum absolute atomic E-state index is 11.1. The average Bonchev–Trinajstić information content (AvgIpc) is 2.90. The van der Waals surface area contributed by atoms with Crippen LogP contribution in [-0.4, -0.2) is 39.1 Å². The summed E-state index contributed by atoms with van der Waals surface area (Å²) in [6.45, 7) is 6.14. The molecule has 1 N–H and O–H groups in total. The third-order valence-corrected chi connectivity index (χ3v) is 4.57. The number of piperidine rings is 1. The lowest BCUT2D eigenvalue weighted by atomic mass is 10.1. The number of hydrogen-bond acceptors (Lipinski definition) is 6. The molecular weight excluding hydrogens is 288 g/mol. The predicted molar refractivity (Wildman–Crippen MR) is 82.3 cm³/mol. The van der Waals surface area contributed by atoms with Gasteiger partial charge in [-0.2, -0.15) is 0 Å². The molecule has 0 saturated carbocycles. The summed E-state index contributed by atoms with van der Waals surface area (Å²) in [6.07, 6.45) is 3.59. The Balaban J connectivity index is 2.11. The van der Waals surface area contributed by atoms with E-state index in [2.05, 4.69) is 33.7 Å². The molecule has 0 aliphatic carbocycles. The van der Waals surface area contributed by atoms with Crippen LogP contribution in [0.25, 0.3) is 10.5 Å². The second-order valence-electron chi connectivity index (χ2n) is 5.59. The zero-order chi connectivity index (χ0) is 15.0. The van der Waals surface area contributed by atoms with Crippen LogP contribution in [0.15, 0.2) is 0 Å². The topological polar surface area (TPSA) is 79.2 Å². The number of carbonyl (C=O) groups is 1. The van der Waals surface area contributed by atoms with E-state index in [9.17, 15) is 4.79 Å². The highest BCUT2D eigenvalue weighted by Gasteiger charge is 2.22. The number of fused-ring (bicyclic) bond motifs is 1. The summed E-state index contributed by atoms with van der Waals surface area (Å²) >= 11 is 1.09. The molecule has 1 aliphatic heterocycles. The fraction of sp³-hybridized carbons (Fsp3) is 0.571. The van der Waals surface area contributed by atoms with Crippen LogP contribution >= 0.6 is 11.3 Å². The van der Waals surface area contributed by atoms with Crippen LogP contribution in [0.3, 0.4) is 0 Å². The van der Waals surface area contributed by atoms with Gasteiger partial charge in [-0.25, -0.2) is 19.7 Å². The molecule has 6 nitrogen and oxygen atoms in total. The summed E-state index contributed by atoms with van der Waals surface area (Å²) in [6, 6.07) is 0. The van der Waals surface area contributed by atoms with E-state index in [0.717, 1.165) is 35.9 Å². The molecule has 7 heteroatoms. The van der Waals surface area contributed by atoms with E-state index < -0.39 is 5.97 Å². The summed E-state index contributed by atoms with van der Waals surface area (Å²) < 4.78 is 0. The van der Waals surface area contributed by atoms with Crippen molar-refractivity contribution in [3.8, 4) is 0 Å². The molecule has 0 radical (unpaired) electrons. The Labute approximate surface area is 126 Å². The molecule has 0 atom stereocenters. The van der Waals surface area contributed by atoms with E-state index in [4.69, 9.17) is 5.11 Å². The number of thiazole rings is 1. The van der Waals surface area contributed by atoms with Gasteiger partial charge in [0.05, 0.1) is 5.69 Å². The van der Waals surface area contributed by atoms with Crippen LogP contribution < -0.4 is 4.90 Å². The van der Waals surface area contributed by atoms with Crippen LogP contribution in [0.2, 0.25) is 0 Å². The maximum Gasteiger partial charge on any atom is 0.365 e. The molecule has 1 aliphatic rings. The van der Waals surface area contributed by atoms with Crippen LogP contribution in [0.5, 0.6) is 0 Å². The minimum Gasteiger partial charge on any atom is -0.476 e. The lowest BCUT2D eigenvalue weighted by Gasteiger charge is -2.29. The first kappa shape index (κ1) is 14.2. The molecule has 21 heavy (non-hydrogen) atoms. The molecule has 0 spiro atoms. The molecule has 0 bridgehead atoms. The SMILES string of the molecule is CC(C)c1nc2nc(C(=O)O)sc2nc1N1CCCCC1. The van der Waals surface area contributed by atoms with Gasteiger partial charge in [-0.1, -0.05) is 25.2 Å². The van der Waals surface area contributed by atoms with Gasteiger partial charge in [0.25, 0.3) is 0 Å². The third-order valence-electron chi connectivity index (χ3n) is 3.64. The highest BCUT2D eigenvalue weighted by Crippen LogP contribution is 2.30. The molecule has 2 aromatic rings. The monoisotopic (exact) mass is 306 g/mol. The Morgan fingerprint density at radius 1 is 1.19 bits per heavy atom. The van der Waals surface area contributed by atoms with E-state index in [-0.39, 0.29) is 10.9 Å². The number of nitrogens with zero attached hydrogens (tertiary/aromatic N) is 4. The Morgan fingerprint density at radius 2 is 1.90 bits per heavy atom. The lowest BCUT2D eigenvalue weighted by molar-refractivity contribution is 0.0696. The molecule has 1 fully saturated rings. The molecule has 3 heterocycles. The van der Waals surface area contributed by atoms with Crippen molar-refractivity contribution in [1.82, 2.24) is 15.0 Å². The summed E-state index contributed by atoms with van der Waals surface area (Å²) in [5, 5.41) is 9.12. The molecule has 2 aromatic heterocycles. The number of aromatic carboxylic acids is 1. The van der Waals surface area contributed by atoms with Crippen molar-refractivity contribution in [3.63, 3.8) is 0 Å². The van der Waals surface area contributed by atoms with Gasteiger partial charge in [0.2, 0.25) is 5.01 Å². The van der Waals surface area contributed by atoms with Crippen molar-refractivity contribution in [1.29, 1.82) is 0 Å². The van der Waals surface area contributed by atoms with Gasteiger partial charge in [0.15, 0.2) is 16.3 Å². The smallest absolute Gasteiger partial charge is 0.365 e. The fourth-order valence-electron chi connectivity index (χ4n) is 2.58. The maximum atomic E-state index is 11.1. The summed E-state index contributed by atoms with van der Waals surface area (Å²) in [5.74, 6) is 0.108. The minimum atomic E-state index is -1.02. The molecule has 112 valence electrons. The molecule has 1 saturated heterocycles. The van der Waals surface area contributed by atoms with Gasteiger partial charge < -0.3 is 10.0 Å². The number of carboxylic acids is 1. The number of hydrogen-bond donors (Lipinski definition) is 1. The average molecular weight is 306 g/mol. The normalized spacial score (nSPS) is 15.9. The Hall–Kier alpha value is -1.76. The first-order chi connectivity index (χ1) is 10.1. The number of rotatable bonds is 3. The summed E-state index contributed by atoms with van der Waals surface area (Å²) in [4.78, 5) is 27.3. The number of anilines is 1. The van der Waals surface area contributed by atoms with Crippen molar-refractivity contribution in [2.24, 2.45) is 0 Å². The van der Waals surface area contributed by atoms with Crippen molar-refractivity contribution >= 4 is 33.6 Å². The molecule has 0 unspecified atom stereocenters. The Kier molecular flexibility index (Phi) is 3.75. The van der Waals surface area contributed by atoms with Gasteiger partial charge in [-0.05, 0) is 25.2 Å². The van der Waals surface area contributed by atoms with Crippen LogP contribution in [-0.2, 0) is 0 Å². The van der Waals surface area contributed by atoms with E-state index in [1.807, 2.05) is 0 Å². The highest BCUT2D eigenvalue weighted by atomic mass is 32.1. The van der Waals surface area contributed by atoms with Crippen molar-refractivity contribution in [2.75, 3.05) is 18.0 Å². The quantitative estimate of drug-likeness (QED) is 0.939. The first-order valence-corrected chi connectivity index (χ1v) is 8.04. The second kappa shape index (κ2) is 5.55. The third kappa shape index (κ3) is 2.70. The van der Waals surface area contributed by atoms with Crippen molar-refractivity contribution in [2.45, 2.75) is 39.0 Å². The predicted octanol–water partition coefficient (Wildman–Crippen LogP) is 2.90. The van der Waals surface area contributed by atoms with Crippen LogP contribution in [0.4, 0.5) is 5.82 Å². The van der Waals surface area contributed by atoms with E-state index in [1.54, 1.807) is 0 Å². The zero-order valence-electron chi connectivity index (χ0n) is 12.2. The van der Waals surface area contributed by atoms with Crippen LogP contribution in [0, 0.1) is 0 Å². The van der Waals surface area contributed by atoms with E-state index >= 15 is 0 Å². The van der Waals surface area contributed by atoms with Crippen molar-refractivity contribution < 1.29 is 9.90 Å². The van der Waals surface area contributed by atoms with Crippen LogP contribution in [0.1, 0.15) is 54.5 Å². The first-order valence-electron chi connectivity index (χ1n) is 7.23. The molecular formula is C14H18N4O2S. The largest absolute Gasteiger partial charge is 0.476 e. The summed E-state index contributed by atoms with van der Waals surface area (Å²) in [7, 11) is 0. The molecule has 3 rings (SSSR count). The molecule has 0 amide bonds. The van der Waals surface area contributed by atoms with E-state index in [0.29, 0.717) is 10.5 Å². The second-order valence-corrected chi connectivity index (χ2v) is 6.57.